The molecule has 2 rings (SSSR count). The molecule has 0 unspecified atom stereocenters. The van der Waals surface area contributed by atoms with Gasteiger partial charge in [0.2, 0.25) is 0 Å². The van der Waals surface area contributed by atoms with Crippen LogP contribution in [0, 0.1) is 24.4 Å². The molecule has 0 aliphatic heterocycles. The highest BCUT2D eigenvalue weighted by atomic mass is 32.1. The van der Waals surface area contributed by atoms with Crippen molar-refractivity contribution in [3.63, 3.8) is 0 Å². The van der Waals surface area contributed by atoms with E-state index in [1.54, 1.807) is 5.38 Å². The zero-order chi connectivity index (χ0) is 14.0. The van der Waals surface area contributed by atoms with Crippen LogP contribution in [0.3, 0.4) is 0 Å². The van der Waals surface area contributed by atoms with Crippen LogP contribution in [-0.4, -0.2) is 10.9 Å². The molecule has 3 nitrogen and oxygen atoms in total. The fourth-order valence-corrected chi connectivity index (χ4v) is 2.06. The summed E-state index contributed by atoms with van der Waals surface area (Å²) in [6.45, 7) is 1.96. The van der Waals surface area contributed by atoms with Crippen LogP contribution in [-0.2, 0) is 6.54 Å². The molecule has 0 aliphatic carbocycles. The number of rotatable bonds is 3. The lowest BCUT2D eigenvalue weighted by Gasteiger charge is -2.04. The summed E-state index contributed by atoms with van der Waals surface area (Å²) in [5, 5.41) is 5.07. The Balaban J connectivity index is 2.08. The Bertz CT molecular complexity index is 604. The highest BCUT2D eigenvalue weighted by molar-refractivity contribution is 7.09. The maximum atomic E-state index is 13.0. The molecule has 0 spiro atoms. The van der Waals surface area contributed by atoms with E-state index in [4.69, 9.17) is 0 Å². The Morgan fingerprint density at radius 1 is 1.32 bits per heavy atom. The number of nitrogens with one attached hydrogen (secondary N) is 1. The van der Waals surface area contributed by atoms with Gasteiger partial charge >= 0.3 is 0 Å². The first-order valence-electron chi connectivity index (χ1n) is 5.31. The van der Waals surface area contributed by atoms with Gasteiger partial charge in [0, 0.05) is 10.9 Å². The topological polar surface area (TPSA) is 42.0 Å². The lowest BCUT2D eigenvalue weighted by atomic mass is 10.2. The van der Waals surface area contributed by atoms with Crippen LogP contribution >= 0.6 is 11.3 Å². The largest absolute Gasteiger partial charge is 0.346 e. The number of nitrogens with zero attached hydrogens (tertiary/aromatic N) is 1. The van der Waals surface area contributed by atoms with E-state index >= 15 is 0 Å². The summed E-state index contributed by atoms with van der Waals surface area (Å²) in [6.07, 6.45) is 0. The van der Waals surface area contributed by atoms with E-state index in [0.29, 0.717) is 17.8 Å². The van der Waals surface area contributed by atoms with Gasteiger partial charge in [0.15, 0.2) is 17.5 Å². The molecule has 0 saturated heterocycles. The molecule has 2 aromatic rings. The molecule has 100 valence electrons. The van der Waals surface area contributed by atoms with Crippen LogP contribution in [0.4, 0.5) is 13.2 Å². The van der Waals surface area contributed by atoms with Crippen molar-refractivity contribution < 1.29 is 18.0 Å². The van der Waals surface area contributed by atoms with Crippen LogP contribution in [0.25, 0.3) is 0 Å². The van der Waals surface area contributed by atoms with E-state index in [-0.39, 0.29) is 12.1 Å². The average molecular weight is 286 g/mol. The van der Waals surface area contributed by atoms with E-state index in [1.165, 1.54) is 11.3 Å². The van der Waals surface area contributed by atoms with Crippen LogP contribution in [0.5, 0.6) is 0 Å². The summed E-state index contributed by atoms with van der Waals surface area (Å²) in [4.78, 5) is 15.8. The summed E-state index contributed by atoms with van der Waals surface area (Å²) < 4.78 is 38.7. The highest BCUT2D eigenvalue weighted by Crippen LogP contribution is 2.14. The smallest absolute Gasteiger partial charge is 0.251 e. The third-order valence-electron chi connectivity index (χ3n) is 2.34. The van der Waals surface area contributed by atoms with E-state index in [1.807, 2.05) is 6.92 Å². The van der Waals surface area contributed by atoms with Crippen LogP contribution in [0.1, 0.15) is 21.1 Å². The fraction of sp³-hybridized carbons (Fsp3) is 0.167. The van der Waals surface area contributed by atoms with Gasteiger partial charge < -0.3 is 5.32 Å². The SMILES string of the molecule is Cc1nc(CNC(=O)c2cc(F)c(F)c(F)c2)cs1. The number of hydrogen-bond donors (Lipinski definition) is 1. The van der Waals surface area contributed by atoms with Crippen molar-refractivity contribution >= 4 is 17.2 Å². The molecule has 0 atom stereocenters. The molecule has 0 saturated carbocycles. The zero-order valence-corrected chi connectivity index (χ0v) is 10.7. The normalized spacial score (nSPS) is 10.5. The van der Waals surface area contributed by atoms with E-state index in [0.717, 1.165) is 5.01 Å². The van der Waals surface area contributed by atoms with Gasteiger partial charge in [-0.3, -0.25) is 4.79 Å². The summed E-state index contributed by atoms with van der Waals surface area (Å²) in [5.74, 6) is -5.07. The number of halogens is 3. The fourth-order valence-electron chi connectivity index (χ4n) is 1.45. The second kappa shape index (κ2) is 5.40. The van der Waals surface area contributed by atoms with E-state index in [9.17, 15) is 18.0 Å². The van der Waals surface area contributed by atoms with Gasteiger partial charge in [-0.15, -0.1) is 11.3 Å². The van der Waals surface area contributed by atoms with Gasteiger partial charge in [-0.1, -0.05) is 0 Å². The molecule has 0 bridgehead atoms. The first-order chi connectivity index (χ1) is 8.97. The monoisotopic (exact) mass is 286 g/mol. The number of carbonyl (C=O) groups excluding carboxylic acids is 1. The summed E-state index contributed by atoms with van der Waals surface area (Å²) in [7, 11) is 0. The lowest BCUT2D eigenvalue weighted by Crippen LogP contribution is -2.23. The molecule has 7 heteroatoms. The minimum absolute atomic E-state index is 0.143. The minimum Gasteiger partial charge on any atom is -0.346 e. The van der Waals surface area contributed by atoms with Crippen molar-refractivity contribution in [3.05, 3.63) is 51.2 Å². The lowest BCUT2D eigenvalue weighted by molar-refractivity contribution is 0.0949. The number of hydrogen-bond acceptors (Lipinski definition) is 3. The van der Waals surface area contributed by atoms with Crippen molar-refractivity contribution in [2.45, 2.75) is 13.5 Å². The summed E-state index contributed by atoms with van der Waals surface area (Å²) in [6, 6.07) is 1.31. The van der Waals surface area contributed by atoms with Crippen LogP contribution in [0.15, 0.2) is 17.5 Å². The molecule has 1 aromatic heterocycles. The molecule has 0 fully saturated rings. The molecule has 0 radical (unpaired) electrons. The van der Waals surface area contributed by atoms with Crippen molar-refractivity contribution in [2.75, 3.05) is 0 Å². The van der Waals surface area contributed by atoms with Gasteiger partial charge in [-0.2, -0.15) is 0 Å². The first-order valence-corrected chi connectivity index (χ1v) is 6.19. The number of thiazole rings is 1. The van der Waals surface area contributed by atoms with Crippen LogP contribution in [0.2, 0.25) is 0 Å². The number of aryl methyl sites for hydroxylation is 1. The Labute approximate surface area is 111 Å². The predicted molar refractivity (Wildman–Crippen MR) is 64.3 cm³/mol. The maximum Gasteiger partial charge on any atom is 0.251 e. The summed E-state index contributed by atoms with van der Waals surface area (Å²) in [5.41, 5.74) is 0.377. The maximum absolute atomic E-state index is 13.0. The molecule has 19 heavy (non-hydrogen) atoms. The third kappa shape index (κ3) is 3.11. The van der Waals surface area contributed by atoms with Gasteiger partial charge in [0.1, 0.15) is 0 Å². The number of aromatic nitrogens is 1. The van der Waals surface area contributed by atoms with Crippen LogP contribution < -0.4 is 5.32 Å². The second-order valence-electron chi connectivity index (χ2n) is 3.79. The molecule has 0 aliphatic rings. The Morgan fingerprint density at radius 2 is 1.95 bits per heavy atom. The number of benzene rings is 1. The Hall–Kier alpha value is -1.89. The van der Waals surface area contributed by atoms with Crippen molar-refractivity contribution in [2.24, 2.45) is 0 Å². The Morgan fingerprint density at radius 3 is 2.47 bits per heavy atom. The molecule has 1 N–H and O–H groups in total. The quantitative estimate of drug-likeness (QED) is 0.882. The molecule has 1 aromatic carbocycles. The van der Waals surface area contributed by atoms with E-state index < -0.39 is 23.4 Å². The third-order valence-corrected chi connectivity index (χ3v) is 3.16. The molecular weight excluding hydrogens is 277 g/mol. The van der Waals surface area contributed by atoms with Crippen molar-refractivity contribution in [1.82, 2.24) is 10.3 Å². The number of amides is 1. The Kier molecular flexibility index (Phi) is 3.84. The van der Waals surface area contributed by atoms with Gasteiger partial charge in [-0.05, 0) is 19.1 Å². The standard InChI is InChI=1S/C12H9F3N2OS/c1-6-17-8(5-19-6)4-16-12(18)7-2-9(13)11(15)10(14)3-7/h2-3,5H,4H2,1H3,(H,16,18). The minimum atomic E-state index is -1.59. The second-order valence-corrected chi connectivity index (χ2v) is 4.86. The molecule has 1 heterocycles. The van der Waals surface area contributed by atoms with Gasteiger partial charge in [0.05, 0.1) is 17.2 Å². The van der Waals surface area contributed by atoms with E-state index in [2.05, 4.69) is 10.3 Å². The van der Waals surface area contributed by atoms with Gasteiger partial charge in [0.25, 0.3) is 5.91 Å². The first kappa shape index (κ1) is 13.5. The number of carbonyl (C=O) groups is 1. The average Bonchev–Trinajstić information content (AvgIpc) is 2.78. The zero-order valence-electron chi connectivity index (χ0n) is 9.84. The van der Waals surface area contributed by atoms with Crippen molar-refractivity contribution in [3.8, 4) is 0 Å². The highest BCUT2D eigenvalue weighted by Gasteiger charge is 2.15. The molecule has 1 amide bonds. The predicted octanol–water partition coefficient (Wildman–Crippen LogP) is 2.80. The van der Waals surface area contributed by atoms with Gasteiger partial charge in [-0.25, -0.2) is 18.2 Å². The summed E-state index contributed by atoms with van der Waals surface area (Å²) >= 11 is 1.43. The van der Waals surface area contributed by atoms with Crippen molar-refractivity contribution in [1.29, 1.82) is 0 Å². The molecular formula is C12H9F3N2OS.